The van der Waals surface area contributed by atoms with E-state index in [1.807, 2.05) is 44.2 Å². The standard InChI is InChI=1S/C30H40N4O5/c1-19-8-9-22(18-20(19)2)32-27(35)24-23-10-11-30(39-23)25(24)29(37)34(13-12-33-14-16-38-17-15-33)26(30)28(36)31-21-6-4-3-5-7-21/h8-11,18,21,23-26H,3-7,12-17H2,1-2H3,(H,31,36)(H,32,35)/t23-,24+,25-,26+,30-/m1/s1. The molecule has 3 amide bonds. The molecule has 3 saturated heterocycles. The summed E-state index contributed by atoms with van der Waals surface area (Å²) in [7, 11) is 0. The molecule has 1 saturated carbocycles. The number of nitrogens with one attached hydrogen (secondary N) is 2. The van der Waals surface area contributed by atoms with Gasteiger partial charge in [0.25, 0.3) is 0 Å². The minimum atomic E-state index is -1.13. The SMILES string of the molecule is Cc1ccc(NC(=O)[C@H]2[C@H]3C=C[C@]4(O3)[C@H](C(=O)NC3CCCCC3)N(CCN3CCOCC3)C(=O)[C@@H]24)cc1C. The Morgan fingerprint density at radius 3 is 2.54 bits per heavy atom. The Kier molecular flexibility index (Phi) is 7.24. The fraction of sp³-hybridized carbons (Fsp3) is 0.633. The number of carbonyl (C=O) groups is 3. The van der Waals surface area contributed by atoms with Gasteiger partial charge in [-0.1, -0.05) is 37.5 Å². The summed E-state index contributed by atoms with van der Waals surface area (Å²) in [4.78, 5) is 45.7. The Labute approximate surface area is 230 Å². The van der Waals surface area contributed by atoms with Gasteiger partial charge in [-0.15, -0.1) is 0 Å². The number of aryl methyl sites for hydroxylation is 2. The molecule has 2 bridgehead atoms. The zero-order valence-corrected chi connectivity index (χ0v) is 23.0. The Morgan fingerprint density at radius 1 is 1.03 bits per heavy atom. The number of amides is 3. The fourth-order valence-corrected chi connectivity index (χ4v) is 7.15. The molecule has 4 heterocycles. The molecule has 210 valence electrons. The molecule has 5 aliphatic rings. The first-order valence-corrected chi connectivity index (χ1v) is 14.5. The zero-order valence-electron chi connectivity index (χ0n) is 23.0. The highest BCUT2D eigenvalue weighted by Gasteiger charge is 2.72. The Hall–Kier alpha value is -2.75. The van der Waals surface area contributed by atoms with Gasteiger partial charge in [0.2, 0.25) is 17.7 Å². The molecule has 0 unspecified atom stereocenters. The molecule has 9 heteroatoms. The van der Waals surface area contributed by atoms with Crippen molar-refractivity contribution in [3.05, 3.63) is 41.5 Å². The molecule has 0 aromatic heterocycles. The molecule has 9 nitrogen and oxygen atoms in total. The summed E-state index contributed by atoms with van der Waals surface area (Å²) in [6, 6.07) is 5.12. The van der Waals surface area contributed by atoms with Crippen molar-refractivity contribution >= 4 is 23.4 Å². The van der Waals surface area contributed by atoms with E-state index in [-0.39, 0.29) is 23.8 Å². The number of rotatable bonds is 7. The molecule has 4 fully saturated rings. The first-order valence-electron chi connectivity index (χ1n) is 14.5. The largest absolute Gasteiger partial charge is 0.379 e. The second kappa shape index (κ2) is 10.7. The number of anilines is 1. The number of morpholine rings is 1. The highest BCUT2D eigenvalue weighted by molar-refractivity contribution is 6.02. The minimum Gasteiger partial charge on any atom is -0.379 e. The van der Waals surface area contributed by atoms with Crippen LogP contribution >= 0.6 is 0 Å². The summed E-state index contributed by atoms with van der Waals surface area (Å²) in [6.07, 6.45) is 8.53. The van der Waals surface area contributed by atoms with E-state index in [2.05, 4.69) is 15.5 Å². The van der Waals surface area contributed by atoms with E-state index < -0.39 is 29.6 Å². The second-order valence-corrected chi connectivity index (χ2v) is 11.8. The van der Waals surface area contributed by atoms with Gasteiger partial charge in [0.15, 0.2) is 0 Å². The average Bonchev–Trinajstić information content (AvgIpc) is 3.58. The molecule has 5 atom stereocenters. The molecule has 1 aromatic carbocycles. The van der Waals surface area contributed by atoms with E-state index >= 15 is 0 Å². The summed E-state index contributed by atoms with van der Waals surface area (Å²) in [6.45, 7) is 8.03. The third-order valence-corrected chi connectivity index (χ3v) is 9.41. The van der Waals surface area contributed by atoms with Crippen molar-refractivity contribution in [1.82, 2.24) is 15.1 Å². The minimum absolute atomic E-state index is 0.115. The quantitative estimate of drug-likeness (QED) is 0.519. The predicted molar refractivity (Wildman–Crippen MR) is 146 cm³/mol. The van der Waals surface area contributed by atoms with Crippen LogP contribution in [0, 0.1) is 25.7 Å². The maximum Gasteiger partial charge on any atom is 0.246 e. The molecule has 0 radical (unpaired) electrons. The van der Waals surface area contributed by atoms with Crippen molar-refractivity contribution < 1.29 is 23.9 Å². The van der Waals surface area contributed by atoms with Crippen molar-refractivity contribution in [2.24, 2.45) is 11.8 Å². The Balaban J connectivity index is 1.26. The molecule has 4 aliphatic heterocycles. The Morgan fingerprint density at radius 2 is 1.79 bits per heavy atom. The lowest BCUT2D eigenvalue weighted by Crippen LogP contribution is -2.57. The van der Waals surface area contributed by atoms with Gasteiger partial charge in [-0.3, -0.25) is 19.3 Å². The van der Waals surface area contributed by atoms with Gasteiger partial charge < -0.3 is 25.0 Å². The van der Waals surface area contributed by atoms with Crippen LogP contribution in [-0.4, -0.2) is 90.7 Å². The van der Waals surface area contributed by atoms with Gasteiger partial charge in [-0.25, -0.2) is 0 Å². The van der Waals surface area contributed by atoms with Crippen molar-refractivity contribution in [3.63, 3.8) is 0 Å². The lowest BCUT2D eigenvalue weighted by atomic mass is 9.74. The molecule has 1 spiro atoms. The van der Waals surface area contributed by atoms with Crippen molar-refractivity contribution in [2.75, 3.05) is 44.7 Å². The summed E-state index contributed by atoms with van der Waals surface area (Å²) in [5.74, 6) is -2.00. The van der Waals surface area contributed by atoms with Crippen LogP contribution in [0.3, 0.4) is 0 Å². The number of benzene rings is 1. The zero-order chi connectivity index (χ0) is 27.1. The molecule has 2 N–H and O–H groups in total. The van der Waals surface area contributed by atoms with E-state index in [4.69, 9.17) is 9.47 Å². The topological polar surface area (TPSA) is 100 Å². The highest BCUT2D eigenvalue weighted by Crippen LogP contribution is 2.55. The lowest BCUT2D eigenvalue weighted by Gasteiger charge is -2.35. The monoisotopic (exact) mass is 536 g/mol. The van der Waals surface area contributed by atoms with E-state index in [1.54, 1.807) is 4.90 Å². The summed E-state index contributed by atoms with van der Waals surface area (Å²) < 4.78 is 12.0. The highest BCUT2D eigenvalue weighted by atomic mass is 16.5. The molecule has 6 rings (SSSR count). The van der Waals surface area contributed by atoms with Crippen LogP contribution in [0.5, 0.6) is 0 Å². The van der Waals surface area contributed by atoms with Gasteiger partial charge in [0, 0.05) is 37.9 Å². The smallest absolute Gasteiger partial charge is 0.246 e. The van der Waals surface area contributed by atoms with Gasteiger partial charge in [-0.2, -0.15) is 0 Å². The van der Waals surface area contributed by atoms with Gasteiger partial charge in [-0.05, 0) is 49.9 Å². The summed E-state index contributed by atoms with van der Waals surface area (Å²) in [5.41, 5.74) is 1.80. The number of carbonyl (C=O) groups excluding carboxylic acids is 3. The van der Waals surface area contributed by atoms with Gasteiger partial charge in [0.1, 0.15) is 11.6 Å². The maximum atomic E-state index is 14.1. The van der Waals surface area contributed by atoms with Crippen LogP contribution in [-0.2, 0) is 23.9 Å². The van der Waals surface area contributed by atoms with Crippen molar-refractivity contribution in [2.45, 2.75) is 69.7 Å². The molecule has 1 aliphatic carbocycles. The molecular formula is C30H40N4O5. The number of nitrogens with zero attached hydrogens (tertiary/aromatic N) is 2. The second-order valence-electron chi connectivity index (χ2n) is 11.8. The Bertz CT molecular complexity index is 1160. The van der Waals surface area contributed by atoms with Crippen molar-refractivity contribution in [3.8, 4) is 0 Å². The molecule has 39 heavy (non-hydrogen) atoms. The molecule has 1 aromatic rings. The van der Waals surface area contributed by atoms with E-state index in [1.165, 1.54) is 6.42 Å². The van der Waals surface area contributed by atoms with E-state index in [0.29, 0.717) is 32.0 Å². The van der Waals surface area contributed by atoms with Gasteiger partial charge in [0.05, 0.1) is 31.2 Å². The lowest BCUT2D eigenvalue weighted by molar-refractivity contribution is -0.141. The predicted octanol–water partition coefficient (Wildman–Crippen LogP) is 2.17. The average molecular weight is 537 g/mol. The number of likely N-dealkylation sites (tertiary alicyclic amines) is 1. The van der Waals surface area contributed by atoms with Crippen LogP contribution in [0.25, 0.3) is 0 Å². The molecular weight excluding hydrogens is 496 g/mol. The van der Waals surface area contributed by atoms with E-state index in [9.17, 15) is 14.4 Å². The van der Waals surface area contributed by atoms with Crippen LogP contribution in [0.4, 0.5) is 5.69 Å². The van der Waals surface area contributed by atoms with Crippen LogP contribution in [0.2, 0.25) is 0 Å². The summed E-state index contributed by atoms with van der Waals surface area (Å²) >= 11 is 0. The van der Waals surface area contributed by atoms with Crippen LogP contribution < -0.4 is 10.6 Å². The van der Waals surface area contributed by atoms with Crippen LogP contribution in [0.15, 0.2) is 30.4 Å². The van der Waals surface area contributed by atoms with Crippen LogP contribution in [0.1, 0.15) is 43.2 Å². The first kappa shape index (κ1) is 26.5. The fourth-order valence-electron chi connectivity index (χ4n) is 7.15. The third kappa shape index (κ3) is 4.78. The van der Waals surface area contributed by atoms with E-state index in [0.717, 1.165) is 49.9 Å². The third-order valence-electron chi connectivity index (χ3n) is 9.41. The first-order chi connectivity index (χ1) is 18.9. The number of hydrogen-bond acceptors (Lipinski definition) is 6. The number of hydrogen-bond donors (Lipinski definition) is 2. The normalized spacial score (nSPS) is 32.5. The number of fused-ring (bicyclic) bond motifs is 1. The number of ether oxygens (including phenoxy) is 2. The summed E-state index contributed by atoms with van der Waals surface area (Å²) in [5, 5.41) is 6.28. The maximum absolute atomic E-state index is 14.1. The van der Waals surface area contributed by atoms with Crippen molar-refractivity contribution in [1.29, 1.82) is 0 Å². The van der Waals surface area contributed by atoms with Gasteiger partial charge >= 0.3 is 0 Å².